The third-order valence-electron chi connectivity index (χ3n) is 2.46. The Bertz CT molecular complexity index is 322. The maximum atomic E-state index is 10.9. The van der Waals surface area contributed by atoms with E-state index in [1.165, 1.54) is 4.31 Å². The van der Waals surface area contributed by atoms with Crippen LogP contribution in [-0.2, 0) is 10.2 Å². The molecule has 0 aliphatic carbocycles. The van der Waals surface area contributed by atoms with Gasteiger partial charge in [0, 0.05) is 13.1 Å². The largest absolute Gasteiger partial charge is 0.276 e. The molecule has 1 aliphatic heterocycles. The Morgan fingerprint density at radius 1 is 1.46 bits per heavy atom. The molecule has 13 heavy (non-hydrogen) atoms. The lowest BCUT2D eigenvalue weighted by molar-refractivity contribution is 0.232. The maximum Gasteiger partial charge on any atom is 0.276 e. The number of hydrogen-bond acceptors (Lipinski definition) is 3. The van der Waals surface area contributed by atoms with Crippen LogP contribution in [0, 0.1) is 16.7 Å². The van der Waals surface area contributed by atoms with E-state index in [1.807, 2.05) is 6.92 Å². The van der Waals surface area contributed by atoms with Crippen LogP contribution in [-0.4, -0.2) is 25.8 Å². The highest BCUT2D eigenvalue weighted by atomic mass is 32.2. The van der Waals surface area contributed by atoms with Crippen molar-refractivity contribution >= 4 is 10.2 Å². The summed E-state index contributed by atoms with van der Waals surface area (Å²) in [7, 11) is -3.56. The number of nitrogens with zero attached hydrogens (tertiary/aromatic N) is 2. The van der Waals surface area contributed by atoms with Gasteiger partial charge in [0.1, 0.15) is 0 Å². The Hall–Kier alpha value is -0.640. The summed E-state index contributed by atoms with van der Waals surface area (Å²) < 4.78 is 23.0. The highest BCUT2D eigenvalue weighted by Gasteiger charge is 2.33. The molecule has 1 saturated heterocycles. The smallest absolute Gasteiger partial charge is 0.216 e. The van der Waals surface area contributed by atoms with E-state index in [9.17, 15) is 8.42 Å². The van der Waals surface area contributed by atoms with Crippen molar-refractivity contribution in [2.45, 2.75) is 19.8 Å². The number of piperidine rings is 1. The minimum atomic E-state index is -3.56. The fraction of sp³-hybridized carbons (Fsp3) is 0.857. The molecule has 6 heteroatoms. The van der Waals surface area contributed by atoms with Crippen LogP contribution in [0.25, 0.3) is 0 Å². The average molecular weight is 203 g/mol. The van der Waals surface area contributed by atoms with Crippen molar-refractivity contribution in [3.8, 4) is 6.07 Å². The fourth-order valence-electron chi connectivity index (χ4n) is 1.35. The predicted molar refractivity (Wildman–Crippen MR) is 47.6 cm³/mol. The molecule has 0 aromatic carbocycles. The zero-order valence-electron chi connectivity index (χ0n) is 7.52. The maximum absolute atomic E-state index is 10.9. The normalized spacial score (nSPS) is 23.8. The van der Waals surface area contributed by atoms with Gasteiger partial charge in [-0.05, 0) is 19.8 Å². The Morgan fingerprint density at radius 2 is 1.92 bits per heavy atom. The van der Waals surface area contributed by atoms with E-state index < -0.39 is 10.2 Å². The summed E-state index contributed by atoms with van der Waals surface area (Å²) in [5.41, 5.74) is -0.388. The van der Waals surface area contributed by atoms with Gasteiger partial charge in [0.25, 0.3) is 10.2 Å². The second-order valence-electron chi connectivity index (χ2n) is 3.62. The van der Waals surface area contributed by atoms with Crippen LogP contribution in [0.15, 0.2) is 0 Å². The Kier molecular flexibility index (Phi) is 2.61. The molecule has 0 spiro atoms. The van der Waals surface area contributed by atoms with Gasteiger partial charge >= 0.3 is 0 Å². The molecule has 1 fully saturated rings. The quantitative estimate of drug-likeness (QED) is 0.641. The SMILES string of the molecule is CC1(C#N)CCN(S(N)(=O)=O)CC1. The molecule has 0 saturated carbocycles. The van der Waals surface area contributed by atoms with Crippen LogP contribution in [0.1, 0.15) is 19.8 Å². The highest BCUT2D eigenvalue weighted by Crippen LogP contribution is 2.30. The van der Waals surface area contributed by atoms with E-state index in [-0.39, 0.29) is 5.41 Å². The lowest BCUT2D eigenvalue weighted by Crippen LogP contribution is -2.44. The minimum Gasteiger partial charge on any atom is -0.216 e. The molecule has 0 bridgehead atoms. The molecule has 0 aromatic heterocycles. The third-order valence-corrected chi connectivity index (χ3v) is 3.54. The number of nitrogens with two attached hydrogens (primary N) is 1. The van der Waals surface area contributed by atoms with E-state index >= 15 is 0 Å². The van der Waals surface area contributed by atoms with Crippen LogP contribution < -0.4 is 5.14 Å². The monoisotopic (exact) mass is 203 g/mol. The van der Waals surface area contributed by atoms with Crippen molar-refractivity contribution in [2.24, 2.45) is 10.6 Å². The number of hydrogen-bond donors (Lipinski definition) is 1. The van der Waals surface area contributed by atoms with Gasteiger partial charge in [-0.15, -0.1) is 0 Å². The first-order valence-corrected chi connectivity index (χ1v) is 5.57. The molecular formula is C7H13N3O2S. The van der Waals surface area contributed by atoms with E-state index in [2.05, 4.69) is 6.07 Å². The lowest BCUT2D eigenvalue weighted by Gasteiger charge is -2.32. The van der Waals surface area contributed by atoms with Crippen LogP contribution in [0.3, 0.4) is 0 Å². The van der Waals surface area contributed by atoms with E-state index in [0.717, 1.165) is 0 Å². The molecule has 0 unspecified atom stereocenters. The molecule has 0 radical (unpaired) electrons. The molecule has 5 nitrogen and oxygen atoms in total. The minimum absolute atomic E-state index is 0.350. The summed E-state index contributed by atoms with van der Waals surface area (Å²) in [5.74, 6) is 0. The van der Waals surface area contributed by atoms with E-state index in [0.29, 0.717) is 25.9 Å². The zero-order valence-corrected chi connectivity index (χ0v) is 8.34. The third kappa shape index (κ3) is 2.40. The molecular weight excluding hydrogens is 190 g/mol. The molecule has 74 valence electrons. The van der Waals surface area contributed by atoms with E-state index in [1.54, 1.807) is 0 Å². The summed E-state index contributed by atoms with van der Waals surface area (Å²) in [6, 6.07) is 2.19. The van der Waals surface area contributed by atoms with Gasteiger partial charge in [0.05, 0.1) is 11.5 Å². The van der Waals surface area contributed by atoms with Crippen molar-refractivity contribution in [1.82, 2.24) is 4.31 Å². The van der Waals surface area contributed by atoms with Crippen molar-refractivity contribution in [1.29, 1.82) is 5.26 Å². The number of rotatable bonds is 1. The van der Waals surface area contributed by atoms with Gasteiger partial charge in [-0.25, -0.2) is 5.14 Å². The molecule has 0 amide bonds. The van der Waals surface area contributed by atoms with Crippen molar-refractivity contribution in [2.75, 3.05) is 13.1 Å². The molecule has 1 aliphatic rings. The van der Waals surface area contributed by atoms with Crippen molar-refractivity contribution in [3.05, 3.63) is 0 Å². The molecule has 1 heterocycles. The molecule has 0 aromatic rings. The van der Waals surface area contributed by atoms with Gasteiger partial charge in [0.15, 0.2) is 0 Å². The van der Waals surface area contributed by atoms with Crippen molar-refractivity contribution in [3.63, 3.8) is 0 Å². The van der Waals surface area contributed by atoms with Gasteiger partial charge in [-0.2, -0.15) is 18.0 Å². The Labute approximate surface area is 78.3 Å². The number of nitriles is 1. The van der Waals surface area contributed by atoms with Gasteiger partial charge in [-0.1, -0.05) is 0 Å². The van der Waals surface area contributed by atoms with Crippen molar-refractivity contribution < 1.29 is 8.42 Å². The molecule has 0 atom stereocenters. The van der Waals surface area contributed by atoms with Crippen LogP contribution in [0.5, 0.6) is 0 Å². The van der Waals surface area contributed by atoms with Crippen LogP contribution in [0.2, 0.25) is 0 Å². The summed E-state index contributed by atoms with van der Waals surface area (Å²) in [4.78, 5) is 0. The average Bonchev–Trinajstić information content (AvgIpc) is 2.04. The lowest BCUT2D eigenvalue weighted by atomic mass is 9.83. The van der Waals surface area contributed by atoms with Crippen LogP contribution >= 0.6 is 0 Å². The second-order valence-corrected chi connectivity index (χ2v) is 5.16. The van der Waals surface area contributed by atoms with Gasteiger partial charge in [0.2, 0.25) is 0 Å². The first-order chi connectivity index (χ1) is 5.87. The zero-order chi connectivity index (χ0) is 10.1. The topological polar surface area (TPSA) is 87.2 Å². The predicted octanol–water partition coefficient (Wildman–Crippen LogP) is -0.184. The first-order valence-electron chi connectivity index (χ1n) is 4.06. The summed E-state index contributed by atoms with van der Waals surface area (Å²) >= 11 is 0. The van der Waals surface area contributed by atoms with Gasteiger partial charge < -0.3 is 0 Å². The second kappa shape index (κ2) is 3.25. The fourth-order valence-corrected chi connectivity index (χ4v) is 2.04. The summed E-state index contributed by atoms with van der Waals surface area (Å²) in [6.45, 7) is 2.54. The molecule has 1 rings (SSSR count). The first kappa shape index (κ1) is 10.4. The Balaban J connectivity index is 2.65. The standard InChI is InChI=1S/C7H13N3O2S/c1-7(6-8)2-4-10(5-3-7)13(9,11)12/h2-5H2,1H3,(H2,9,11,12). The Morgan fingerprint density at radius 3 is 2.23 bits per heavy atom. The molecule has 2 N–H and O–H groups in total. The van der Waals surface area contributed by atoms with Crippen LogP contribution in [0.4, 0.5) is 0 Å². The highest BCUT2D eigenvalue weighted by molar-refractivity contribution is 7.86. The summed E-state index contributed by atoms with van der Waals surface area (Å²) in [5, 5.41) is 13.7. The van der Waals surface area contributed by atoms with Gasteiger partial charge in [-0.3, -0.25) is 0 Å². The summed E-state index contributed by atoms with van der Waals surface area (Å²) in [6.07, 6.45) is 1.11. The van der Waals surface area contributed by atoms with E-state index in [4.69, 9.17) is 10.4 Å².